The predicted molar refractivity (Wildman–Crippen MR) is 213 cm³/mol. The monoisotopic (exact) mass is 734 g/mol. The molecule has 13 heteroatoms. The van der Waals surface area contributed by atoms with Crippen molar-refractivity contribution in [3.05, 3.63) is 66.1 Å². The van der Waals surface area contributed by atoms with Crippen LogP contribution in [0.5, 0.6) is 0 Å². The Bertz CT molecular complexity index is 1900. The Morgan fingerprint density at radius 2 is 1.59 bits per heavy atom. The summed E-state index contributed by atoms with van der Waals surface area (Å²) in [5.74, 6) is 1.25. The SMILES string of the molecule is CN(C)C.O=Cc1cc2cnc(Nc3ccc(N4CCN(CC5CCN(c6cccc(C7CCC(=O)NC7=O)c6)CC5)CC4)cn3)nc2n1C1CCCC1. The van der Waals surface area contributed by atoms with Gasteiger partial charge < -0.3 is 24.6 Å². The molecule has 4 aliphatic rings. The zero-order valence-corrected chi connectivity index (χ0v) is 31.9. The second-order valence-electron chi connectivity index (χ2n) is 15.7. The molecule has 1 unspecified atom stereocenters. The van der Waals surface area contributed by atoms with E-state index in [2.05, 4.69) is 58.1 Å². The highest BCUT2D eigenvalue weighted by Gasteiger charge is 2.29. The van der Waals surface area contributed by atoms with Gasteiger partial charge in [-0.1, -0.05) is 25.0 Å². The summed E-state index contributed by atoms with van der Waals surface area (Å²) in [6, 6.07) is 14.6. The van der Waals surface area contributed by atoms with Crippen molar-refractivity contribution < 1.29 is 14.4 Å². The summed E-state index contributed by atoms with van der Waals surface area (Å²) < 4.78 is 2.09. The number of aldehydes is 1. The summed E-state index contributed by atoms with van der Waals surface area (Å²) in [6.45, 7) is 7.16. The molecule has 6 heterocycles. The van der Waals surface area contributed by atoms with Crippen molar-refractivity contribution in [2.45, 2.75) is 63.3 Å². The van der Waals surface area contributed by atoms with Gasteiger partial charge in [-0.2, -0.15) is 4.98 Å². The Kier molecular flexibility index (Phi) is 11.8. The van der Waals surface area contributed by atoms with Crippen LogP contribution in [0.4, 0.5) is 23.1 Å². The van der Waals surface area contributed by atoms with E-state index < -0.39 is 0 Å². The molecule has 1 aliphatic carbocycles. The van der Waals surface area contributed by atoms with Gasteiger partial charge in [0.2, 0.25) is 17.8 Å². The van der Waals surface area contributed by atoms with E-state index in [-0.39, 0.29) is 17.7 Å². The fraction of sp³-hybridized carbons (Fsp3) is 0.512. The molecule has 1 aromatic carbocycles. The minimum Gasteiger partial charge on any atom is -0.372 e. The van der Waals surface area contributed by atoms with Crippen LogP contribution in [-0.4, -0.2) is 114 Å². The Morgan fingerprint density at radius 3 is 2.28 bits per heavy atom. The molecule has 0 radical (unpaired) electrons. The maximum atomic E-state index is 12.4. The number of fused-ring (bicyclic) bond motifs is 1. The highest BCUT2D eigenvalue weighted by molar-refractivity contribution is 6.01. The first kappa shape index (κ1) is 37.4. The van der Waals surface area contributed by atoms with Crippen molar-refractivity contribution in [1.82, 2.24) is 34.6 Å². The number of imide groups is 1. The van der Waals surface area contributed by atoms with E-state index in [0.29, 0.717) is 42.3 Å². The number of aromatic nitrogens is 4. The molecule has 0 spiro atoms. The summed E-state index contributed by atoms with van der Waals surface area (Å²) in [6.07, 6.45) is 12.4. The molecule has 3 aromatic heterocycles. The predicted octanol–water partition coefficient (Wildman–Crippen LogP) is 5.23. The smallest absolute Gasteiger partial charge is 0.234 e. The largest absolute Gasteiger partial charge is 0.372 e. The van der Waals surface area contributed by atoms with Crippen molar-refractivity contribution >= 4 is 52.3 Å². The van der Waals surface area contributed by atoms with Crippen LogP contribution >= 0.6 is 0 Å². The lowest BCUT2D eigenvalue weighted by Gasteiger charge is -2.40. The lowest BCUT2D eigenvalue weighted by atomic mass is 9.90. The molecule has 4 aromatic rings. The topological polar surface area (TPSA) is 132 Å². The molecular weight excluding hydrogens is 681 g/mol. The number of hydrogen-bond acceptors (Lipinski definition) is 11. The zero-order valence-electron chi connectivity index (χ0n) is 31.9. The normalized spacial score (nSPS) is 20.3. The third-order valence-electron chi connectivity index (χ3n) is 11.1. The van der Waals surface area contributed by atoms with Crippen molar-refractivity contribution in [3.63, 3.8) is 0 Å². The van der Waals surface area contributed by atoms with Gasteiger partial charge in [-0.15, -0.1) is 0 Å². The van der Waals surface area contributed by atoms with E-state index in [4.69, 9.17) is 4.98 Å². The maximum Gasteiger partial charge on any atom is 0.234 e. The quantitative estimate of drug-likeness (QED) is 0.173. The van der Waals surface area contributed by atoms with Crippen molar-refractivity contribution in [2.75, 3.05) is 82.1 Å². The number of pyridine rings is 1. The van der Waals surface area contributed by atoms with Gasteiger partial charge in [-0.05, 0) is 95.1 Å². The van der Waals surface area contributed by atoms with Crippen molar-refractivity contribution in [1.29, 1.82) is 0 Å². The van der Waals surface area contributed by atoms with Crippen LogP contribution in [-0.2, 0) is 9.59 Å². The lowest BCUT2D eigenvalue weighted by molar-refractivity contribution is -0.134. The van der Waals surface area contributed by atoms with Crippen molar-refractivity contribution in [3.8, 4) is 0 Å². The van der Waals surface area contributed by atoms with Crippen LogP contribution in [0, 0.1) is 5.92 Å². The first-order valence-electron chi connectivity index (χ1n) is 19.6. The molecule has 4 fully saturated rings. The molecule has 1 saturated carbocycles. The minimum atomic E-state index is -0.246. The summed E-state index contributed by atoms with van der Waals surface area (Å²) in [7, 11) is 6.00. The van der Waals surface area contributed by atoms with Gasteiger partial charge in [0, 0.05) is 75.5 Å². The van der Waals surface area contributed by atoms with E-state index in [1.807, 2.05) is 56.5 Å². The molecule has 1 atom stereocenters. The average molecular weight is 735 g/mol. The first-order valence-corrected chi connectivity index (χ1v) is 19.6. The molecule has 8 rings (SSSR count). The number of piperazine rings is 1. The third-order valence-corrected chi connectivity index (χ3v) is 11.1. The number of carbonyl (C=O) groups excluding carboxylic acids is 3. The van der Waals surface area contributed by atoms with E-state index in [1.54, 1.807) is 6.20 Å². The van der Waals surface area contributed by atoms with E-state index in [0.717, 1.165) is 100 Å². The molecule has 286 valence electrons. The third kappa shape index (κ3) is 8.90. The van der Waals surface area contributed by atoms with Gasteiger partial charge in [-0.25, -0.2) is 9.97 Å². The molecule has 2 N–H and O–H groups in total. The van der Waals surface area contributed by atoms with Gasteiger partial charge in [0.15, 0.2) is 6.29 Å². The molecular formula is C41H54N10O3. The van der Waals surface area contributed by atoms with E-state index in [9.17, 15) is 14.4 Å². The van der Waals surface area contributed by atoms with Gasteiger partial charge in [0.1, 0.15) is 11.5 Å². The van der Waals surface area contributed by atoms with Crippen LogP contribution in [0.25, 0.3) is 11.0 Å². The molecule has 54 heavy (non-hydrogen) atoms. The summed E-state index contributed by atoms with van der Waals surface area (Å²) in [4.78, 5) is 59.2. The fourth-order valence-electron chi connectivity index (χ4n) is 8.36. The zero-order chi connectivity index (χ0) is 37.6. The number of benzene rings is 1. The number of rotatable bonds is 9. The maximum absolute atomic E-state index is 12.4. The van der Waals surface area contributed by atoms with Gasteiger partial charge in [0.25, 0.3) is 0 Å². The second-order valence-corrected chi connectivity index (χ2v) is 15.7. The van der Waals surface area contributed by atoms with Gasteiger partial charge >= 0.3 is 0 Å². The Balaban J connectivity index is 0.00000107. The van der Waals surface area contributed by atoms with Crippen LogP contribution in [0.3, 0.4) is 0 Å². The molecule has 2 amide bonds. The average Bonchev–Trinajstić information content (AvgIpc) is 3.84. The highest BCUT2D eigenvalue weighted by Crippen LogP contribution is 2.34. The van der Waals surface area contributed by atoms with Gasteiger partial charge in [-0.3, -0.25) is 24.6 Å². The van der Waals surface area contributed by atoms with E-state index >= 15 is 0 Å². The Morgan fingerprint density at radius 1 is 0.852 bits per heavy atom. The Hall–Kier alpha value is -4.88. The van der Waals surface area contributed by atoms with E-state index in [1.165, 1.54) is 18.5 Å². The number of nitrogens with zero attached hydrogens (tertiary/aromatic N) is 8. The van der Waals surface area contributed by atoms with Crippen LogP contribution in [0.1, 0.15) is 79.4 Å². The van der Waals surface area contributed by atoms with Crippen molar-refractivity contribution in [2.24, 2.45) is 5.92 Å². The fourth-order valence-corrected chi connectivity index (χ4v) is 8.36. The summed E-state index contributed by atoms with van der Waals surface area (Å²) in [5, 5.41) is 6.64. The van der Waals surface area contributed by atoms with Gasteiger partial charge in [0.05, 0.1) is 23.5 Å². The number of piperidine rings is 2. The Labute approximate surface area is 318 Å². The second kappa shape index (κ2) is 17.1. The molecule has 3 saturated heterocycles. The molecule has 0 bridgehead atoms. The highest BCUT2D eigenvalue weighted by atomic mass is 16.2. The summed E-state index contributed by atoms with van der Waals surface area (Å²) in [5.41, 5.74) is 4.75. The lowest BCUT2D eigenvalue weighted by Crippen LogP contribution is -2.49. The molecule has 3 aliphatic heterocycles. The number of anilines is 4. The number of carbonyl (C=O) groups is 3. The van der Waals surface area contributed by atoms with Crippen LogP contribution in [0.15, 0.2) is 54.9 Å². The number of amides is 2. The summed E-state index contributed by atoms with van der Waals surface area (Å²) >= 11 is 0. The first-order chi connectivity index (χ1) is 26.2. The van der Waals surface area contributed by atoms with Crippen LogP contribution in [0.2, 0.25) is 0 Å². The molecule has 13 nitrogen and oxygen atoms in total. The minimum absolute atomic E-state index is 0.173. The number of hydrogen-bond donors (Lipinski definition) is 2. The van der Waals surface area contributed by atoms with Crippen LogP contribution < -0.4 is 20.4 Å². The number of nitrogens with one attached hydrogen (secondary N) is 2. The standard InChI is InChI=1S/C38H45N9O3.C3H9N/c48-25-32-21-28-22-40-38(43-36(28)47(32)29-5-1-2-6-29)41-34-10-8-31(23-39-34)46-18-16-44(17-19-46)24-26-12-14-45(15-13-26)30-7-3-4-27(20-30)33-9-11-35(49)42-37(33)50;1-4(2)3/h3-4,7-8,10,20-23,25-26,29,33H,1-2,5-6,9,11-19,24H2,(H,42,49,50)(H,39,40,41,43);1-3H3.